The van der Waals surface area contributed by atoms with Crippen LogP contribution in [0.4, 0.5) is 0 Å². The Labute approximate surface area is 78.6 Å². The molecule has 0 bridgehead atoms. The zero-order valence-electron chi connectivity index (χ0n) is 7.17. The fourth-order valence-corrected chi connectivity index (χ4v) is 0.752. The van der Waals surface area contributed by atoms with Crippen molar-refractivity contribution in [2.24, 2.45) is 0 Å². The van der Waals surface area contributed by atoms with E-state index in [2.05, 4.69) is 6.92 Å². The molecule has 0 rings (SSSR count). The molecule has 0 atom stereocenters. The molecule has 0 aromatic heterocycles. The minimum atomic E-state index is -0.0593. The minimum Gasteiger partial charge on any atom is -0.466 e. The summed E-state index contributed by atoms with van der Waals surface area (Å²) in [6, 6.07) is 0. The Balaban J connectivity index is 0. The van der Waals surface area contributed by atoms with E-state index in [1.165, 1.54) is 0 Å². The van der Waals surface area contributed by atoms with Gasteiger partial charge in [-0.2, -0.15) is 0 Å². The molecule has 0 spiro atoms. The molecule has 0 aliphatic rings. The Kier molecular flexibility index (Phi) is 12.3. The van der Waals surface area contributed by atoms with Gasteiger partial charge in [-0.3, -0.25) is 4.79 Å². The van der Waals surface area contributed by atoms with Crippen molar-refractivity contribution in [2.75, 3.05) is 6.61 Å². The summed E-state index contributed by atoms with van der Waals surface area (Å²) in [5.41, 5.74) is 0. The Morgan fingerprint density at radius 1 is 1.27 bits per heavy atom. The molecular weight excluding hydrogens is 187 g/mol. The van der Waals surface area contributed by atoms with E-state index in [1.54, 1.807) is 0 Å². The number of ether oxygens (including phenoxy) is 1. The number of hydrogen-bond acceptors (Lipinski definition) is 2. The van der Waals surface area contributed by atoms with Gasteiger partial charge >= 0.3 is 5.97 Å². The van der Waals surface area contributed by atoms with E-state index < -0.39 is 0 Å². The van der Waals surface area contributed by atoms with Crippen molar-refractivity contribution in [3.63, 3.8) is 0 Å². The Hall–Kier alpha value is -0.0365. The summed E-state index contributed by atoms with van der Waals surface area (Å²) in [6.07, 6.45) is 3.83. The second-order valence-electron chi connectivity index (χ2n) is 2.26. The first-order valence-corrected chi connectivity index (χ1v) is 3.96. The van der Waals surface area contributed by atoms with Crippen LogP contribution in [0.25, 0.3) is 0 Å². The summed E-state index contributed by atoms with van der Waals surface area (Å²) in [4.78, 5) is 10.7. The largest absolute Gasteiger partial charge is 0.466 e. The van der Waals surface area contributed by atoms with E-state index in [4.69, 9.17) is 4.74 Å². The molecule has 0 N–H and O–H groups in total. The van der Waals surface area contributed by atoms with Gasteiger partial charge in [0.1, 0.15) is 0 Å². The van der Waals surface area contributed by atoms with Crippen LogP contribution in [-0.4, -0.2) is 12.6 Å². The molecule has 0 fully saturated rings. The van der Waals surface area contributed by atoms with Crippen LogP contribution < -0.4 is 0 Å². The normalized spacial score (nSPS) is 8.55. The van der Waals surface area contributed by atoms with Crippen molar-refractivity contribution in [2.45, 2.75) is 39.5 Å². The van der Waals surface area contributed by atoms with Crippen molar-refractivity contribution in [1.29, 1.82) is 0 Å². The summed E-state index contributed by atoms with van der Waals surface area (Å²) in [5, 5.41) is 0. The van der Waals surface area contributed by atoms with Gasteiger partial charge in [-0.25, -0.2) is 0 Å². The molecule has 0 heterocycles. The molecule has 0 aromatic rings. The topological polar surface area (TPSA) is 26.3 Å². The van der Waals surface area contributed by atoms with Crippen LogP contribution in [-0.2, 0) is 26.0 Å². The molecule has 0 radical (unpaired) electrons. The fraction of sp³-hybridized carbons (Fsp3) is 0.875. The number of hydrogen-bond donors (Lipinski definition) is 0. The number of esters is 1. The molecule has 3 heteroatoms. The molecule has 0 amide bonds. The van der Waals surface area contributed by atoms with Crippen molar-refractivity contribution in [3.8, 4) is 0 Å². The summed E-state index contributed by atoms with van der Waals surface area (Å²) in [7, 11) is 0. The zero-order chi connectivity index (χ0) is 7.82. The summed E-state index contributed by atoms with van der Waals surface area (Å²) < 4.78 is 4.75. The van der Waals surface area contributed by atoms with Gasteiger partial charge < -0.3 is 4.74 Å². The summed E-state index contributed by atoms with van der Waals surface area (Å²) >= 11 is 0. The molecule has 11 heavy (non-hydrogen) atoms. The van der Waals surface area contributed by atoms with E-state index >= 15 is 0 Å². The maximum absolute atomic E-state index is 10.7. The Bertz CT molecular complexity index is 94.1. The van der Waals surface area contributed by atoms with Crippen LogP contribution in [0.15, 0.2) is 0 Å². The van der Waals surface area contributed by atoms with Gasteiger partial charge in [0.2, 0.25) is 0 Å². The smallest absolute Gasteiger partial charge is 0.305 e. The molecule has 0 unspecified atom stereocenters. The molecule has 0 aliphatic heterocycles. The third kappa shape index (κ3) is 9.96. The van der Waals surface area contributed by atoms with Gasteiger partial charge in [0, 0.05) is 22.9 Å². The third-order valence-electron chi connectivity index (χ3n) is 1.29. The second-order valence-corrected chi connectivity index (χ2v) is 2.26. The Morgan fingerprint density at radius 3 is 2.36 bits per heavy atom. The first-order chi connectivity index (χ1) is 4.81. The zero-order valence-corrected chi connectivity index (χ0v) is 8.16. The van der Waals surface area contributed by atoms with Gasteiger partial charge in [0.05, 0.1) is 6.61 Å². The molecular formula is C8H16NiO2. The van der Waals surface area contributed by atoms with E-state index in [9.17, 15) is 4.79 Å². The maximum atomic E-state index is 10.7. The molecule has 0 aromatic carbocycles. The number of carbonyl (C=O) groups is 1. The average molecular weight is 203 g/mol. The van der Waals surface area contributed by atoms with Gasteiger partial charge in [0.25, 0.3) is 0 Å². The van der Waals surface area contributed by atoms with Gasteiger partial charge in [0.15, 0.2) is 0 Å². The van der Waals surface area contributed by atoms with Crippen LogP contribution in [0, 0.1) is 0 Å². The molecule has 0 saturated carbocycles. The maximum Gasteiger partial charge on any atom is 0.305 e. The quantitative estimate of drug-likeness (QED) is 0.388. The van der Waals surface area contributed by atoms with Gasteiger partial charge in [-0.15, -0.1) is 0 Å². The van der Waals surface area contributed by atoms with Crippen LogP contribution in [0.1, 0.15) is 39.5 Å². The predicted molar refractivity (Wildman–Crippen MR) is 40.8 cm³/mol. The van der Waals surface area contributed by atoms with Crippen LogP contribution in [0.2, 0.25) is 0 Å². The SMILES string of the molecule is CCCCCC(=O)OCC.[Ni]. The predicted octanol–water partition coefficient (Wildman–Crippen LogP) is 2.13. The Morgan fingerprint density at radius 2 is 1.91 bits per heavy atom. The van der Waals surface area contributed by atoms with E-state index in [0.717, 1.165) is 19.3 Å². The van der Waals surface area contributed by atoms with E-state index in [-0.39, 0.29) is 22.5 Å². The molecule has 0 aliphatic carbocycles. The first kappa shape index (κ1) is 13.5. The third-order valence-corrected chi connectivity index (χ3v) is 1.29. The molecule has 0 saturated heterocycles. The second kappa shape index (κ2) is 9.96. The van der Waals surface area contributed by atoms with Crippen molar-refractivity contribution in [1.82, 2.24) is 0 Å². The van der Waals surface area contributed by atoms with Crippen molar-refractivity contribution < 1.29 is 26.0 Å². The number of carbonyl (C=O) groups excluding carboxylic acids is 1. The standard InChI is InChI=1S/C8H16O2.Ni/c1-3-5-6-7-8(9)10-4-2;/h3-7H2,1-2H3;. The number of rotatable bonds is 5. The molecule has 70 valence electrons. The minimum absolute atomic E-state index is 0. The van der Waals surface area contributed by atoms with Crippen molar-refractivity contribution >= 4 is 5.97 Å². The fourth-order valence-electron chi connectivity index (χ4n) is 0.752. The number of unbranched alkanes of at least 4 members (excludes halogenated alkanes) is 2. The van der Waals surface area contributed by atoms with E-state index in [0.29, 0.717) is 13.0 Å². The van der Waals surface area contributed by atoms with Gasteiger partial charge in [-0.1, -0.05) is 19.8 Å². The average Bonchev–Trinajstić information content (AvgIpc) is 1.89. The monoisotopic (exact) mass is 202 g/mol. The van der Waals surface area contributed by atoms with Gasteiger partial charge in [-0.05, 0) is 13.3 Å². The first-order valence-electron chi connectivity index (χ1n) is 3.96. The van der Waals surface area contributed by atoms with Crippen molar-refractivity contribution in [3.05, 3.63) is 0 Å². The summed E-state index contributed by atoms with van der Waals surface area (Å²) in [6.45, 7) is 4.45. The van der Waals surface area contributed by atoms with Crippen LogP contribution >= 0.6 is 0 Å². The van der Waals surface area contributed by atoms with E-state index in [1.807, 2.05) is 6.92 Å². The molecule has 2 nitrogen and oxygen atoms in total. The van der Waals surface area contributed by atoms with Crippen LogP contribution in [0.3, 0.4) is 0 Å². The summed E-state index contributed by atoms with van der Waals surface area (Å²) in [5.74, 6) is -0.0593. The van der Waals surface area contributed by atoms with Crippen LogP contribution in [0.5, 0.6) is 0 Å².